The normalized spacial score (nSPS) is 7.91. The van der Waals surface area contributed by atoms with Gasteiger partial charge in [0.1, 0.15) is 0 Å². The van der Waals surface area contributed by atoms with Crippen LogP contribution in [0.25, 0.3) is 6.08 Å². The average Bonchev–Trinajstić information content (AvgIpc) is 2.08. The van der Waals surface area contributed by atoms with Crippen molar-refractivity contribution in [3.05, 3.63) is 36.2 Å². The van der Waals surface area contributed by atoms with Crippen LogP contribution in [0.15, 0.2) is 24.9 Å². The highest BCUT2D eigenvalue weighted by Gasteiger charge is 1.84. The zero-order valence-electron chi connectivity index (χ0n) is 7.46. The smallest absolute Gasteiger partial charge is 0.0626 e. The standard InChI is InChI=1S/C8H9N.C2H6/c1-3-8-6-7(2)4-5-9-8;1-2/h3-6H,1H2,2H3;1-2H3. The van der Waals surface area contributed by atoms with Gasteiger partial charge in [-0.05, 0) is 30.7 Å². The lowest BCUT2D eigenvalue weighted by Crippen LogP contribution is -1.78. The molecule has 0 saturated heterocycles. The van der Waals surface area contributed by atoms with Gasteiger partial charge in [-0.2, -0.15) is 0 Å². The Labute approximate surface area is 68.8 Å². The molecule has 0 amide bonds. The second-order valence-corrected chi connectivity index (χ2v) is 1.96. The third-order valence-electron chi connectivity index (χ3n) is 1.15. The topological polar surface area (TPSA) is 12.9 Å². The van der Waals surface area contributed by atoms with Crippen LogP contribution in [0.4, 0.5) is 0 Å². The maximum Gasteiger partial charge on any atom is 0.0626 e. The van der Waals surface area contributed by atoms with E-state index in [2.05, 4.69) is 11.6 Å². The third-order valence-corrected chi connectivity index (χ3v) is 1.15. The summed E-state index contributed by atoms with van der Waals surface area (Å²) >= 11 is 0. The highest BCUT2D eigenvalue weighted by atomic mass is 14.6. The van der Waals surface area contributed by atoms with E-state index >= 15 is 0 Å². The lowest BCUT2D eigenvalue weighted by molar-refractivity contribution is 1.26. The summed E-state index contributed by atoms with van der Waals surface area (Å²) in [4.78, 5) is 4.04. The molecule has 0 aliphatic heterocycles. The highest BCUT2D eigenvalue weighted by molar-refractivity contribution is 5.42. The first kappa shape index (κ1) is 9.89. The SMILES string of the molecule is C=Cc1cc(C)ccn1.CC. The molecule has 0 saturated carbocycles. The molecular formula is C10H15N. The zero-order chi connectivity index (χ0) is 8.69. The van der Waals surface area contributed by atoms with Crippen molar-refractivity contribution >= 4 is 6.08 Å². The summed E-state index contributed by atoms with van der Waals surface area (Å²) in [5.41, 5.74) is 2.16. The van der Waals surface area contributed by atoms with Crippen LogP contribution in [0.3, 0.4) is 0 Å². The molecule has 0 unspecified atom stereocenters. The molecule has 0 spiro atoms. The monoisotopic (exact) mass is 149 g/mol. The van der Waals surface area contributed by atoms with Gasteiger partial charge >= 0.3 is 0 Å². The first-order chi connectivity index (χ1) is 5.33. The van der Waals surface area contributed by atoms with Crippen LogP contribution in [-0.2, 0) is 0 Å². The summed E-state index contributed by atoms with van der Waals surface area (Å²) in [6, 6.07) is 3.96. The minimum atomic E-state index is 0.940. The number of hydrogen-bond donors (Lipinski definition) is 0. The molecule has 1 aromatic heterocycles. The summed E-state index contributed by atoms with van der Waals surface area (Å²) in [6.45, 7) is 9.65. The number of rotatable bonds is 1. The van der Waals surface area contributed by atoms with Gasteiger partial charge in [0, 0.05) is 6.20 Å². The quantitative estimate of drug-likeness (QED) is 0.598. The molecule has 1 rings (SSSR count). The van der Waals surface area contributed by atoms with Crippen LogP contribution in [0, 0.1) is 6.92 Å². The minimum absolute atomic E-state index is 0.940. The molecule has 0 aliphatic carbocycles. The third kappa shape index (κ3) is 3.56. The van der Waals surface area contributed by atoms with E-state index in [1.807, 2.05) is 32.9 Å². The first-order valence-corrected chi connectivity index (χ1v) is 3.88. The molecule has 11 heavy (non-hydrogen) atoms. The molecule has 1 heteroatoms. The molecular weight excluding hydrogens is 134 g/mol. The van der Waals surface area contributed by atoms with Crippen LogP contribution in [-0.4, -0.2) is 4.98 Å². The first-order valence-electron chi connectivity index (χ1n) is 3.88. The summed E-state index contributed by atoms with van der Waals surface area (Å²) in [5, 5.41) is 0. The summed E-state index contributed by atoms with van der Waals surface area (Å²) in [7, 11) is 0. The molecule has 0 aliphatic rings. The van der Waals surface area contributed by atoms with Crippen LogP contribution in [0.2, 0.25) is 0 Å². The molecule has 1 heterocycles. The molecule has 0 atom stereocenters. The fourth-order valence-corrected chi connectivity index (χ4v) is 0.671. The minimum Gasteiger partial charge on any atom is -0.257 e. The Balaban J connectivity index is 0.000000461. The molecule has 0 fully saturated rings. The summed E-state index contributed by atoms with van der Waals surface area (Å²) in [5.74, 6) is 0. The second kappa shape index (κ2) is 5.66. The van der Waals surface area contributed by atoms with Crippen molar-refractivity contribution in [1.29, 1.82) is 0 Å². The predicted molar refractivity (Wildman–Crippen MR) is 50.4 cm³/mol. The van der Waals surface area contributed by atoms with E-state index in [9.17, 15) is 0 Å². The van der Waals surface area contributed by atoms with E-state index in [1.54, 1.807) is 12.3 Å². The maximum absolute atomic E-state index is 4.04. The number of pyridine rings is 1. The van der Waals surface area contributed by atoms with E-state index in [0.717, 1.165) is 5.69 Å². The fraction of sp³-hybridized carbons (Fsp3) is 0.300. The molecule has 60 valence electrons. The molecule has 0 radical (unpaired) electrons. The van der Waals surface area contributed by atoms with Gasteiger partial charge in [0.25, 0.3) is 0 Å². The number of nitrogens with zero attached hydrogens (tertiary/aromatic N) is 1. The number of aryl methyl sites for hydroxylation is 1. The highest BCUT2D eigenvalue weighted by Crippen LogP contribution is 1.99. The lowest BCUT2D eigenvalue weighted by atomic mass is 10.2. The van der Waals surface area contributed by atoms with E-state index in [0.29, 0.717) is 0 Å². The van der Waals surface area contributed by atoms with E-state index in [1.165, 1.54) is 5.56 Å². The van der Waals surface area contributed by atoms with Gasteiger partial charge in [0.15, 0.2) is 0 Å². The van der Waals surface area contributed by atoms with Crippen LogP contribution < -0.4 is 0 Å². The van der Waals surface area contributed by atoms with Crippen molar-refractivity contribution < 1.29 is 0 Å². The number of aromatic nitrogens is 1. The van der Waals surface area contributed by atoms with Crippen LogP contribution in [0.5, 0.6) is 0 Å². The predicted octanol–water partition coefficient (Wildman–Crippen LogP) is 3.06. The van der Waals surface area contributed by atoms with Gasteiger partial charge in [-0.25, -0.2) is 0 Å². The van der Waals surface area contributed by atoms with Gasteiger partial charge in [-0.15, -0.1) is 0 Å². The van der Waals surface area contributed by atoms with Crippen molar-refractivity contribution in [3.63, 3.8) is 0 Å². The lowest BCUT2D eigenvalue weighted by Gasteiger charge is -1.91. The summed E-state index contributed by atoms with van der Waals surface area (Å²) < 4.78 is 0. The summed E-state index contributed by atoms with van der Waals surface area (Å²) in [6.07, 6.45) is 3.53. The number of hydrogen-bond acceptors (Lipinski definition) is 1. The Bertz CT molecular complexity index is 216. The van der Waals surface area contributed by atoms with Crippen molar-refractivity contribution in [3.8, 4) is 0 Å². The van der Waals surface area contributed by atoms with Gasteiger partial charge in [0.05, 0.1) is 5.69 Å². The Morgan fingerprint density at radius 2 is 2.09 bits per heavy atom. The Kier molecular flexibility index (Phi) is 5.09. The molecule has 0 aromatic carbocycles. The Morgan fingerprint density at radius 1 is 1.45 bits per heavy atom. The molecule has 0 N–H and O–H groups in total. The van der Waals surface area contributed by atoms with Crippen molar-refractivity contribution in [1.82, 2.24) is 4.98 Å². The zero-order valence-corrected chi connectivity index (χ0v) is 7.46. The maximum atomic E-state index is 4.04. The van der Waals surface area contributed by atoms with E-state index < -0.39 is 0 Å². The van der Waals surface area contributed by atoms with Crippen molar-refractivity contribution in [2.24, 2.45) is 0 Å². The largest absolute Gasteiger partial charge is 0.257 e. The van der Waals surface area contributed by atoms with Crippen LogP contribution in [0.1, 0.15) is 25.1 Å². The van der Waals surface area contributed by atoms with Crippen LogP contribution >= 0.6 is 0 Å². The second-order valence-electron chi connectivity index (χ2n) is 1.96. The molecule has 1 nitrogen and oxygen atoms in total. The molecule has 1 aromatic rings. The fourth-order valence-electron chi connectivity index (χ4n) is 0.671. The average molecular weight is 149 g/mol. The molecule has 0 bridgehead atoms. The van der Waals surface area contributed by atoms with Gasteiger partial charge in [0.2, 0.25) is 0 Å². The van der Waals surface area contributed by atoms with Gasteiger partial charge in [-0.1, -0.05) is 20.4 Å². The van der Waals surface area contributed by atoms with Crippen molar-refractivity contribution in [2.75, 3.05) is 0 Å². The van der Waals surface area contributed by atoms with E-state index in [4.69, 9.17) is 0 Å². The Hall–Kier alpha value is -1.11. The van der Waals surface area contributed by atoms with Gasteiger partial charge in [-0.3, -0.25) is 4.98 Å². The Morgan fingerprint density at radius 3 is 2.45 bits per heavy atom. The van der Waals surface area contributed by atoms with Gasteiger partial charge < -0.3 is 0 Å². The van der Waals surface area contributed by atoms with Crippen molar-refractivity contribution in [2.45, 2.75) is 20.8 Å². The van der Waals surface area contributed by atoms with E-state index in [-0.39, 0.29) is 0 Å².